The summed E-state index contributed by atoms with van der Waals surface area (Å²) in [5, 5.41) is 9.08. The first-order valence-corrected chi connectivity index (χ1v) is 11.4. The Bertz CT molecular complexity index is 1240. The van der Waals surface area contributed by atoms with Gasteiger partial charge >= 0.3 is 6.18 Å². The van der Waals surface area contributed by atoms with Gasteiger partial charge in [-0.15, -0.1) is 12.6 Å². The molecule has 7 nitrogen and oxygen atoms in total. The molecule has 0 radical (unpaired) electrons. The normalized spacial score (nSPS) is 21.9. The minimum absolute atomic E-state index is 0.106. The number of halogens is 3. The fourth-order valence-corrected chi connectivity index (χ4v) is 5.14. The Balaban J connectivity index is 1.70. The Labute approximate surface area is 204 Å². The maximum atomic E-state index is 13.5. The molecule has 0 bridgehead atoms. The number of rotatable bonds is 6. The Morgan fingerprint density at radius 1 is 1.17 bits per heavy atom. The molecule has 4 rings (SSSR count). The highest BCUT2D eigenvalue weighted by atomic mass is 32.1. The van der Waals surface area contributed by atoms with E-state index in [1.54, 1.807) is 24.3 Å². The minimum atomic E-state index is -4.80. The number of primary amides is 1. The van der Waals surface area contributed by atoms with Gasteiger partial charge in [0.2, 0.25) is 5.91 Å². The third-order valence-electron chi connectivity index (χ3n) is 6.43. The van der Waals surface area contributed by atoms with Crippen molar-refractivity contribution < 1.29 is 27.6 Å². The number of ketones is 1. The molecular formula is C24H21F3N4O3S. The SMILES string of the molecule is N#Cc1ccc(N2C(=O)C3(CCC3=O)N(c3ccc(CCCC(N)=O)cc3)C2S)cc1C(F)(F)F. The van der Waals surface area contributed by atoms with E-state index in [2.05, 4.69) is 12.6 Å². The summed E-state index contributed by atoms with van der Waals surface area (Å²) in [6.07, 6.45) is -3.00. The van der Waals surface area contributed by atoms with Crippen LogP contribution in [0.4, 0.5) is 24.5 Å². The number of aryl methyl sites for hydroxylation is 1. The van der Waals surface area contributed by atoms with Crippen molar-refractivity contribution in [3.63, 3.8) is 0 Å². The van der Waals surface area contributed by atoms with Gasteiger partial charge < -0.3 is 10.6 Å². The van der Waals surface area contributed by atoms with Gasteiger partial charge in [-0.1, -0.05) is 12.1 Å². The average molecular weight is 503 g/mol. The van der Waals surface area contributed by atoms with Gasteiger partial charge in [-0.25, -0.2) is 0 Å². The lowest BCUT2D eigenvalue weighted by Crippen LogP contribution is -2.62. The van der Waals surface area contributed by atoms with Crippen LogP contribution in [0, 0.1) is 11.3 Å². The van der Waals surface area contributed by atoms with E-state index in [1.165, 1.54) is 17.0 Å². The summed E-state index contributed by atoms with van der Waals surface area (Å²) in [7, 11) is 0. The molecule has 1 spiro atoms. The molecule has 1 heterocycles. The van der Waals surface area contributed by atoms with E-state index in [9.17, 15) is 27.6 Å². The number of benzene rings is 2. The minimum Gasteiger partial charge on any atom is -0.370 e. The fraction of sp³-hybridized carbons (Fsp3) is 0.333. The van der Waals surface area contributed by atoms with Gasteiger partial charge in [-0.3, -0.25) is 19.3 Å². The second kappa shape index (κ2) is 8.92. The van der Waals surface area contributed by atoms with Gasteiger partial charge in [0.25, 0.3) is 5.91 Å². The Kier molecular flexibility index (Phi) is 6.27. The molecule has 11 heteroatoms. The number of Topliss-reactive ketones (excluding diaryl/α,β-unsaturated/α-hetero) is 1. The fourth-order valence-electron chi connectivity index (χ4n) is 4.57. The summed E-state index contributed by atoms with van der Waals surface area (Å²) in [5.41, 5.74) is 2.15. The number of anilines is 2. The van der Waals surface area contributed by atoms with Crippen LogP contribution in [0.5, 0.6) is 0 Å². The molecule has 182 valence electrons. The first-order chi connectivity index (χ1) is 16.5. The molecule has 2 atom stereocenters. The van der Waals surface area contributed by atoms with E-state index in [0.29, 0.717) is 18.5 Å². The topological polar surface area (TPSA) is 108 Å². The van der Waals surface area contributed by atoms with Gasteiger partial charge in [0.05, 0.1) is 17.2 Å². The van der Waals surface area contributed by atoms with Crippen molar-refractivity contribution in [2.24, 2.45) is 5.73 Å². The summed E-state index contributed by atoms with van der Waals surface area (Å²) < 4.78 is 40.6. The van der Waals surface area contributed by atoms with Crippen molar-refractivity contribution >= 4 is 41.6 Å². The molecule has 1 saturated carbocycles. The van der Waals surface area contributed by atoms with Gasteiger partial charge in [0.1, 0.15) is 0 Å². The van der Waals surface area contributed by atoms with E-state index >= 15 is 0 Å². The molecule has 2 fully saturated rings. The van der Waals surface area contributed by atoms with Crippen molar-refractivity contribution in [1.82, 2.24) is 0 Å². The van der Waals surface area contributed by atoms with Gasteiger partial charge in [0, 0.05) is 24.2 Å². The Hall–Kier alpha value is -3.52. The molecule has 1 aliphatic heterocycles. The molecule has 2 N–H and O–H groups in total. The maximum absolute atomic E-state index is 13.5. The van der Waals surface area contributed by atoms with Crippen LogP contribution in [0.15, 0.2) is 42.5 Å². The van der Waals surface area contributed by atoms with Crippen LogP contribution >= 0.6 is 12.6 Å². The third kappa shape index (κ3) is 4.12. The molecule has 2 aromatic rings. The average Bonchev–Trinajstić information content (AvgIpc) is 3.05. The van der Waals surface area contributed by atoms with Crippen LogP contribution in [0.25, 0.3) is 0 Å². The van der Waals surface area contributed by atoms with Crippen LogP contribution in [0.3, 0.4) is 0 Å². The molecule has 2 aliphatic rings. The zero-order valence-corrected chi connectivity index (χ0v) is 19.3. The molecule has 2 aromatic carbocycles. The smallest absolute Gasteiger partial charge is 0.370 e. The second-order valence-electron chi connectivity index (χ2n) is 8.50. The zero-order valence-electron chi connectivity index (χ0n) is 18.4. The van der Waals surface area contributed by atoms with E-state index in [-0.39, 0.29) is 30.7 Å². The Morgan fingerprint density at radius 3 is 2.34 bits per heavy atom. The molecule has 1 saturated heterocycles. The summed E-state index contributed by atoms with van der Waals surface area (Å²) in [6.45, 7) is 0. The van der Waals surface area contributed by atoms with Crippen molar-refractivity contribution in [3.8, 4) is 6.07 Å². The molecule has 0 aromatic heterocycles. The lowest BCUT2D eigenvalue weighted by molar-refractivity contribution is -0.140. The van der Waals surface area contributed by atoms with Crippen molar-refractivity contribution in [2.75, 3.05) is 9.80 Å². The Morgan fingerprint density at radius 2 is 1.83 bits per heavy atom. The zero-order chi connectivity index (χ0) is 25.5. The summed E-state index contributed by atoms with van der Waals surface area (Å²) in [4.78, 5) is 39.9. The second-order valence-corrected chi connectivity index (χ2v) is 8.96. The summed E-state index contributed by atoms with van der Waals surface area (Å²) in [6, 6.07) is 11.5. The van der Waals surface area contributed by atoms with Gasteiger partial charge in [0.15, 0.2) is 16.8 Å². The van der Waals surface area contributed by atoms with Crippen LogP contribution in [-0.4, -0.2) is 28.6 Å². The third-order valence-corrected chi connectivity index (χ3v) is 6.89. The number of amides is 2. The van der Waals surface area contributed by atoms with Crippen LogP contribution in [-0.2, 0) is 27.0 Å². The number of thiol groups is 1. The van der Waals surface area contributed by atoms with Crippen molar-refractivity contribution in [3.05, 3.63) is 59.2 Å². The molecule has 35 heavy (non-hydrogen) atoms. The van der Waals surface area contributed by atoms with Crippen LogP contribution in [0.1, 0.15) is 42.4 Å². The van der Waals surface area contributed by atoms with Gasteiger partial charge in [-0.05, 0) is 55.2 Å². The first kappa shape index (κ1) is 24.6. The predicted octanol–water partition coefficient (Wildman–Crippen LogP) is 3.55. The highest BCUT2D eigenvalue weighted by Gasteiger charge is 2.65. The van der Waals surface area contributed by atoms with Crippen LogP contribution in [0.2, 0.25) is 0 Å². The maximum Gasteiger partial charge on any atom is 0.417 e. The highest BCUT2D eigenvalue weighted by Crippen LogP contribution is 2.48. The molecule has 1 aliphatic carbocycles. The number of hydrogen-bond donors (Lipinski definition) is 2. The van der Waals surface area contributed by atoms with Crippen LogP contribution < -0.4 is 15.5 Å². The number of nitrogens with zero attached hydrogens (tertiary/aromatic N) is 3. The van der Waals surface area contributed by atoms with E-state index in [4.69, 9.17) is 11.0 Å². The molecule has 2 amide bonds. The summed E-state index contributed by atoms with van der Waals surface area (Å²) in [5.74, 6) is -1.38. The lowest BCUT2D eigenvalue weighted by Gasteiger charge is -2.42. The van der Waals surface area contributed by atoms with Crippen molar-refractivity contribution in [1.29, 1.82) is 5.26 Å². The lowest BCUT2D eigenvalue weighted by atomic mass is 9.73. The van der Waals surface area contributed by atoms with E-state index < -0.39 is 40.2 Å². The number of carbonyl (C=O) groups is 3. The standard InChI is InChI=1S/C24H21F3N4O3S/c25-24(26,27)18-12-17(9-6-15(18)13-28)30-21(34)23(11-10-19(23)32)31(22(30)35)16-7-4-14(5-8-16)2-1-3-20(29)33/h4-9,12,22,35H,1-3,10-11H2,(H2,29,33). The van der Waals surface area contributed by atoms with E-state index in [1.807, 2.05) is 0 Å². The number of carbonyl (C=O) groups excluding carboxylic acids is 3. The first-order valence-electron chi connectivity index (χ1n) is 10.8. The van der Waals surface area contributed by atoms with Gasteiger partial charge in [-0.2, -0.15) is 18.4 Å². The summed E-state index contributed by atoms with van der Waals surface area (Å²) >= 11 is 4.55. The number of nitrogens with two attached hydrogens (primary N) is 1. The number of hydrogen-bond acceptors (Lipinski definition) is 6. The molecular weight excluding hydrogens is 481 g/mol. The monoisotopic (exact) mass is 502 g/mol. The predicted molar refractivity (Wildman–Crippen MR) is 124 cm³/mol. The number of nitriles is 1. The molecule has 2 unspecified atom stereocenters. The quantitative estimate of drug-likeness (QED) is 0.464. The van der Waals surface area contributed by atoms with Crippen molar-refractivity contribution in [2.45, 2.75) is 49.3 Å². The highest BCUT2D eigenvalue weighted by molar-refractivity contribution is 7.81. The largest absolute Gasteiger partial charge is 0.417 e. The van der Waals surface area contributed by atoms with E-state index in [0.717, 1.165) is 22.6 Å². The number of alkyl halides is 3.